The summed E-state index contributed by atoms with van der Waals surface area (Å²) in [5, 5.41) is 2.16. The van der Waals surface area contributed by atoms with Crippen molar-refractivity contribution in [3.05, 3.63) is 42.0 Å². The van der Waals surface area contributed by atoms with Gasteiger partial charge in [-0.05, 0) is 11.6 Å². The first kappa shape index (κ1) is 13.6. The molecule has 0 saturated heterocycles. The number of rotatable bonds is 5. The SMILES string of the molecule is COC(=O)CNC(=O)C(=O)C=Cc1ccccc1. The number of hydrogen-bond acceptors (Lipinski definition) is 4. The van der Waals surface area contributed by atoms with Crippen molar-refractivity contribution in [3.8, 4) is 0 Å². The van der Waals surface area contributed by atoms with Crippen LogP contribution in [0.1, 0.15) is 5.56 Å². The first-order chi connectivity index (χ1) is 8.63. The molecule has 0 bridgehead atoms. The van der Waals surface area contributed by atoms with E-state index in [9.17, 15) is 14.4 Å². The number of benzene rings is 1. The molecule has 0 aliphatic rings. The maximum absolute atomic E-state index is 11.4. The quantitative estimate of drug-likeness (QED) is 0.468. The maximum Gasteiger partial charge on any atom is 0.325 e. The van der Waals surface area contributed by atoms with Gasteiger partial charge in [0.15, 0.2) is 0 Å². The summed E-state index contributed by atoms with van der Waals surface area (Å²) >= 11 is 0. The summed E-state index contributed by atoms with van der Waals surface area (Å²) in [4.78, 5) is 33.4. The average molecular weight is 247 g/mol. The summed E-state index contributed by atoms with van der Waals surface area (Å²) in [7, 11) is 1.20. The molecule has 0 aliphatic carbocycles. The van der Waals surface area contributed by atoms with Gasteiger partial charge in [-0.1, -0.05) is 36.4 Å². The highest BCUT2D eigenvalue weighted by Gasteiger charge is 2.11. The van der Waals surface area contributed by atoms with Gasteiger partial charge in [-0.15, -0.1) is 0 Å². The van der Waals surface area contributed by atoms with Gasteiger partial charge in [0.1, 0.15) is 6.54 Å². The smallest absolute Gasteiger partial charge is 0.325 e. The monoisotopic (exact) mass is 247 g/mol. The summed E-state index contributed by atoms with van der Waals surface area (Å²) in [5.74, 6) is -2.17. The molecular weight excluding hydrogens is 234 g/mol. The lowest BCUT2D eigenvalue weighted by molar-refractivity contribution is -0.142. The summed E-state index contributed by atoms with van der Waals surface area (Å²) in [6.07, 6.45) is 2.68. The van der Waals surface area contributed by atoms with Crippen LogP contribution < -0.4 is 5.32 Å². The van der Waals surface area contributed by atoms with Crippen molar-refractivity contribution in [2.45, 2.75) is 0 Å². The minimum atomic E-state index is -0.840. The minimum absolute atomic E-state index is 0.319. The van der Waals surface area contributed by atoms with Crippen molar-refractivity contribution in [2.75, 3.05) is 13.7 Å². The molecule has 1 amide bonds. The molecule has 1 rings (SSSR count). The number of ether oxygens (including phenoxy) is 1. The van der Waals surface area contributed by atoms with E-state index in [0.717, 1.165) is 11.6 Å². The molecule has 1 N–H and O–H groups in total. The minimum Gasteiger partial charge on any atom is -0.468 e. The third kappa shape index (κ3) is 4.61. The number of carbonyl (C=O) groups is 3. The Kier molecular flexibility index (Phi) is 5.31. The molecule has 0 atom stereocenters. The van der Waals surface area contributed by atoms with Crippen LogP contribution in [0.4, 0.5) is 0 Å². The molecule has 5 nitrogen and oxygen atoms in total. The zero-order chi connectivity index (χ0) is 13.4. The van der Waals surface area contributed by atoms with Crippen molar-refractivity contribution in [3.63, 3.8) is 0 Å². The maximum atomic E-state index is 11.4. The van der Waals surface area contributed by atoms with Gasteiger partial charge >= 0.3 is 5.97 Å². The van der Waals surface area contributed by atoms with Gasteiger partial charge in [0.25, 0.3) is 5.91 Å². The predicted octanol–water partition coefficient (Wildman–Crippen LogP) is 0.558. The van der Waals surface area contributed by atoms with E-state index in [2.05, 4.69) is 10.1 Å². The highest BCUT2D eigenvalue weighted by atomic mass is 16.5. The van der Waals surface area contributed by atoms with Crippen LogP contribution >= 0.6 is 0 Å². The van der Waals surface area contributed by atoms with E-state index in [1.54, 1.807) is 12.1 Å². The Morgan fingerprint density at radius 3 is 2.50 bits per heavy atom. The fourth-order valence-corrected chi connectivity index (χ4v) is 1.12. The van der Waals surface area contributed by atoms with Crippen LogP contribution in [0.2, 0.25) is 0 Å². The van der Waals surface area contributed by atoms with Gasteiger partial charge in [-0.2, -0.15) is 0 Å². The summed E-state index contributed by atoms with van der Waals surface area (Å²) in [6.45, 7) is -0.319. The van der Waals surface area contributed by atoms with Crippen molar-refractivity contribution >= 4 is 23.7 Å². The lowest BCUT2D eigenvalue weighted by Crippen LogP contribution is -2.34. The van der Waals surface area contributed by atoms with Gasteiger partial charge in [-0.3, -0.25) is 14.4 Å². The highest BCUT2D eigenvalue weighted by molar-refractivity contribution is 6.41. The first-order valence-corrected chi connectivity index (χ1v) is 5.25. The summed E-state index contributed by atoms with van der Waals surface area (Å²) < 4.78 is 4.33. The number of amides is 1. The van der Waals surface area contributed by atoms with Crippen molar-refractivity contribution < 1.29 is 19.1 Å². The first-order valence-electron chi connectivity index (χ1n) is 5.25. The Morgan fingerprint density at radius 2 is 1.89 bits per heavy atom. The molecular formula is C13H13NO4. The van der Waals surface area contributed by atoms with Crippen LogP contribution in [0.3, 0.4) is 0 Å². The Morgan fingerprint density at radius 1 is 1.22 bits per heavy atom. The van der Waals surface area contributed by atoms with Crippen LogP contribution in [0.15, 0.2) is 36.4 Å². The highest BCUT2D eigenvalue weighted by Crippen LogP contribution is 2.00. The lowest BCUT2D eigenvalue weighted by atomic mass is 10.2. The standard InChI is InChI=1S/C13H13NO4/c1-18-12(16)9-14-13(17)11(15)8-7-10-5-3-2-4-6-10/h2-8H,9H2,1H3,(H,14,17). The van der Waals surface area contributed by atoms with Crippen LogP contribution in [0.5, 0.6) is 0 Å². The van der Waals surface area contributed by atoms with Gasteiger partial charge in [0, 0.05) is 0 Å². The zero-order valence-corrected chi connectivity index (χ0v) is 9.88. The van der Waals surface area contributed by atoms with Crippen LogP contribution in [0, 0.1) is 0 Å². The molecule has 0 heterocycles. The topological polar surface area (TPSA) is 72.5 Å². The van der Waals surface area contributed by atoms with E-state index in [1.165, 1.54) is 13.2 Å². The average Bonchev–Trinajstić information content (AvgIpc) is 2.42. The van der Waals surface area contributed by atoms with E-state index in [0.29, 0.717) is 0 Å². The molecule has 0 radical (unpaired) electrons. The molecule has 0 fully saturated rings. The van der Waals surface area contributed by atoms with E-state index in [-0.39, 0.29) is 6.54 Å². The molecule has 0 saturated carbocycles. The number of ketones is 1. The Labute approximate surface area is 104 Å². The third-order valence-electron chi connectivity index (χ3n) is 2.07. The molecule has 0 aliphatic heterocycles. The number of esters is 1. The molecule has 94 valence electrons. The fraction of sp³-hybridized carbons (Fsp3) is 0.154. The number of carbonyl (C=O) groups excluding carboxylic acids is 3. The number of hydrogen-bond donors (Lipinski definition) is 1. The van der Waals surface area contributed by atoms with Gasteiger partial charge in [0.05, 0.1) is 7.11 Å². The molecule has 1 aromatic rings. The van der Waals surface area contributed by atoms with Gasteiger partial charge in [0.2, 0.25) is 5.78 Å². The van der Waals surface area contributed by atoms with Crippen LogP contribution in [-0.4, -0.2) is 31.3 Å². The van der Waals surface area contributed by atoms with E-state index < -0.39 is 17.7 Å². The van der Waals surface area contributed by atoms with Crippen LogP contribution in [0.25, 0.3) is 6.08 Å². The lowest BCUT2D eigenvalue weighted by Gasteiger charge is -2.00. The fourth-order valence-electron chi connectivity index (χ4n) is 1.12. The second-order valence-electron chi connectivity index (χ2n) is 3.37. The third-order valence-corrected chi connectivity index (χ3v) is 2.07. The number of nitrogens with one attached hydrogen (secondary N) is 1. The van der Waals surface area contributed by atoms with E-state index >= 15 is 0 Å². The van der Waals surface area contributed by atoms with E-state index in [1.807, 2.05) is 18.2 Å². The van der Waals surface area contributed by atoms with Gasteiger partial charge in [-0.25, -0.2) is 0 Å². The molecule has 0 spiro atoms. The predicted molar refractivity (Wildman–Crippen MR) is 65.5 cm³/mol. The van der Waals surface area contributed by atoms with Crippen molar-refractivity contribution in [1.82, 2.24) is 5.32 Å². The normalized spacial score (nSPS) is 10.1. The summed E-state index contributed by atoms with van der Waals surface area (Å²) in [5.41, 5.74) is 0.812. The van der Waals surface area contributed by atoms with Crippen molar-refractivity contribution in [2.24, 2.45) is 0 Å². The summed E-state index contributed by atoms with van der Waals surface area (Å²) in [6, 6.07) is 9.09. The number of methoxy groups -OCH3 is 1. The molecule has 5 heteroatoms. The Hall–Kier alpha value is -2.43. The van der Waals surface area contributed by atoms with Crippen LogP contribution in [-0.2, 0) is 19.1 Å². The second-order valence-corrected chi connectivity index (χ2v) is 3.37. The molecule has 0 unspecified atom stereocenters. The second kappa shape index (κ2) is 7.01. The Balaban J connectivity index is 2.48. The molecule has 1 aromatic carbocycles. The zero-order valence-electron chi connectivity index (χ0n) is 9.88. The Bertz CT molecular complexity index is 465. The molecule has 18 heavy (non-hydrogen) atoms. The van der Waals surface area contributed by atoms with Gasteiger partial charge < -0.3 is 10.1 Å². The van der Waals surface area contributed by atoms with E-state index in [4.69, 9.17) is 0 Å². The largest absolute Gasteiger partial charge is 0.468 e. The van der Waals surface area contributed by atoms with Crippen molar-refractivity contribution in [1.29, 1.82) is 0 Å². The molecule has 0 aromatic heterocycles.